The molecular weight excluding hydrogens is 368 g/mol. The molecule has 1 aliphatic carbocycles. The van der Waals surface area contributed by atoms with E-state index in [9.17, 15) is 9.59 Å². The second kappa shape index (κ2) is 8.31. The van der Waals surface area contributed by atoms with E-state index in [0.29, 0.717) is 28.1 Å². The zero-order valence-corrected chi connectivity index (χ0v) is 15.9. The van der Waals surface area contributed by atoms with E-state index < -0.39 is 11.8 Å². The van der Waals surface area contributed by atoms with Gasteiger partial charge in [0.15, 0.2) is 11.5 Å². The number of benzene rings is 2. The number of carbonyl (C=O) groups excluding carboxylic acids is 2. The first-order valence-electron chi connectivity index (χ1n) is 8.61. The molecule has 0 bridgehead atoms. The van der Waals surface area contributed by atoms with Crippen molar-refractivity contribution in [3.05, 3.63) is 53.1 Å². The van der Waals surface area contributed by atoms with Crippen LogP contribution in [0.3, 0.4) is 0 Å². The molecule has 1 atom stereocenters. The SMILES string of the molecule is COc1ccc(NC(=O)C(=O)NC(c2ccc(Cl)cc2)C2CC2)cc1OC. The predicted octanol–water partition coefficient (Wildman–Crippen LogP) is 3.56. The average molecular weight is 389 g/mol. The molecule has 1 fully saturated rings. The van der Waals surface area contributed by atoms with Crippen LogP contribution in [0.4, 0.5) is 5.69 Å². The van der Waals surface area contributed by atoms with Gasteiger partial charge in [-0.25, -0.2) is 0 Å². The fourth-order valence-electron chi connectivity index (χ4n) is 2.88. The van der Waals surface area contributed by atoms with Crippen LogP contribution in [0.25, 0.3) is 0 Å². The van der Waals surface area contributed by atoms with E-state index in [-0.39, 0.29) is 6.04 Å². The first kappa shape index (κ1) is 19.0. The summed E-state index contributed by atoms with van der Waals surface area (Å²) in [5.74, 6) is -0.0771. The number of hydrogen-bond donors (Lipinski definition) is 2. The van der Waals surface area contributed by atoms with Gasteiger partial charge < -0.3 is 20.1 Å². The van der Waals surface area contributed by atoms with Gasteiger partial charge in [-0.15, -0.1) is 0 Å². The fourth-order valence-corrected chi connectivity index (χ4v) is 3.01. The van der Waals surface area contributed by atoms with Crippen molar-refractivity contribution >= 4 is 29.1 Å². The Hall–Kier alpha value is -2.73. The highest BCUT2D eigenvalue weighted by Crippen LogP contribution is 2.41. The summed E-state index contributed by atoms with van der Waals surface area (Å²) in [4.78, 5) is 24.7. The van der Waals surface area contributed by atoms with E-state index in [4.69, 9.17) is 21.1 Å². The molecule has 2 aromatic rings. The molecule has 1 saturated carbocycles. The van der Waals surface area contributed by atoms with Crippen molar-refractivity contribution in [3.8, 4) is 11.5 Å². The standard InChI is InChI=1S/C20H21ClN2O4/c1-26-16-10-9-15(11-17(16)27-2)22-19(24)20(25)23-18(12-3-4-12)13-5-7-14(21)8-6-13/h5-12,18H,3-4H2,1-2H3,(H,22,24)(H,23,25). The van der Waals surface area contributed by atoms with Crippen LogP contribution in [-0.4, -0.2) is 26.0 Å². The maximum atomic E-state index is 12.4. The first-order valence-corrected chi connectivity index (χ1v) is 8.99. The summed E-state index contributed by atoms with van der Waals surface area (Å²) >= 11 is 5.93. The molecule has 7 heteroatoms. The Morgan fingerprint density at radius 3 is 2.26 bits per heavy atom. The Balaban J connectivity index is 1.67. The smallest absolute Gasteiger partial charge is 0.313 e. The Kier molecular flexibility index (Phi) is 5.86. The Bertz CT molecular complexity index is 834. The number of rotatable bonds is 6. The van der Waals surface area contributed by atoms with E-state index in [0.717, 1.165) is 18.4 Å². The van der Waals surface area contributed by atoms with Crippen LogP contribution in [0.15, 0.2) is 42.5 Å². The molecule has 2 aromatic carbocycles. The van der Waals surface area contributed by atoms with E-state index in [2.05, 4.69) is 10.6 Å². The minimum atomic E-state index is -0.734. The Morgan fingerprint density at radius 1 is 1.00 bits per heavy atom. The Labute approximate surface area is 162 Å². The maximum absolute atomic E-state index is 12.4. The van der Waals surface area contributed by atoms with Gasteiger partial charge in [-0.3, -0.25) is 9.59 Å². The number of methoxy groups -OCH3 is 2. The molecule has 0 spiro atoms. The van der Waals surface area contributed by atoms with E-state index in [1.807, 2.05) is 12.1 Å². The topological polar surface area (TPSA) is 76.7 Å². The van der Waals surface area contributed by atoms with E-state index in [1.165, 1.54) is 14.2 Å². The molecule has 0 aromatic heterocycles. The summed E-state index contributed by atoms with van der Waals surface area (Å²) in [6.07, 6.45) is 2.04. The molecule has 2 N–H and O–H groups in total. The summed E-state index contributed by atoms with van der Waals surface area (Å²) in [6, 6.07) is 12.0. The van der Waals surface area contributed by atoms with Crippen LogP contribution in [0.2, 0.25) is 5.02 Å². The van der Waals surface area contributed by atoms with Gasteiger partial charge in [0.1, 0.15) is 0 Å². The number of ether oxygens (including phenoxy) is 2. The number of anilines is 1. The molecule has 6 nitrogen and oxygen atoms in total. The zero-order chi connectivity index (χ0) is 19.4. The van der Waals surface area contributed by atoms with Crippen LogP contribution >= 0.6 is 11.6 Å². The summed E-state index contributed by atoms with van der Waals surface area (Å²) in [6.45, 7) is 0. The highest BCUT2D eigenvalue weighted by Gasteiger charge is 2.34. The van der Waals surface area contributed by atoms with Crippen LogP contribution in [0, 0.1) is 5.92 Å². The van der Waals surface area contributed by atoms with Crippen molar-refractivity contribution in [2.75, 3.05) is 19.5 Å². The number of amides is 2. The van der Waals surface area contributed by atoms with Gasteiger partial charge in [0.25, 0.3) is 0 Å². The lowest BCUT2D eigenvalue weighted by molar-refractivity contribution is -0.136. The summed E-state index contributed by atoms with van der Waals surface area (Å²) < 4.78 is 10.4. The Morgan fingerprint density at radius 2 is 1.67 bits per heavy atom. The third-order valence-corrected chi connectivity index (χ3v) is 4.71. The van der Waals surface area contributed by atoms with E-state index in [1.54, 1.807) is 30.3 Å². The normalized spacial score (nSPS) is 14.2. The number of hydrogen-bond acceptors (Lipinski definition) is 4. The van der Waals surface area contributed by atoms with Crippen molar-refractivity contribution in [2.24, 2.45) is 5.92 Å². The minimum Gasteiger partial charge on any atom is -0.493 e. The lowest BCUT2D eigenvalue weighted by Gasteiger charge is -2.19. The van der Waals surface area contributed by atoms with Gasteiger partial charge >= 0.3 is 11.8 Å². The van der Waals surface area contributed by atoms with Crippen LogP contribution < -0.4 is 20.1 Å². The largest absolute Gasteiger partial charge is 0.493 e. The molecule has 0 radical (unpaired) electrons. The van der Waals surface area contributed by atoms with E-state index >= 15 is 0 Å². The molecule has 2 amide bonds. The summed E-state index contributed by atoms with van der Waals surface area (Å²) in [7, 11) is 3.03. The molecule has 142 valence electrons. The lowest BCUT2D eigenvalue weighted by atomic mass is 10.0. The van der Waals surface area contributed by atoms with Gasteiger partial charge in [0, 0.05) is 16.8 Å². The number of carbonyl (C=O) groups is 2. The van der Waals surface area contributed by atoms with Crippen molar-refractivity contribution < 1.29 is 19.1 Å². The van der Waals surface area contributed by atoms with Gasteiger partial charge in [0.2, 0.25) is 0 Å². The van der Waals surface area contributed by atoms with Gasteiger partial charge in [-0.1, -0.05) is 23.7 Å². The van der Waals surface area contributed by atoms with Crippen molar-refractivity contribution in [1.29, 1.82) is 0 Å². The third-order valence-electron chi connectivity index (χ3n) is 4.46. The summed E-state index contributed by atoms with van der Waals surface area (Å²) in [5, 5.41) is 6.05. The molecule has 0 saturated heterocycles. The third kappa shape index (κ3) is 4.71. The van der Waals surface area contributed by atoms with Crippen molar-refractivity contribution in [3.63, 3.8) is 0 Å². The molecule has 0 heterocycles. The molecule has 27 heavy (non-hydrogen) atoms. The monoisotopic (exact) mass is 388 g/mol. The van der Waals surface area contributed by atoms with Crippen LogP contribution in [-0.2, 0) is 9.59 Å². The van der Waals surface area contributed by atoms with Crippen molar-refractivity contribution in [2.45, 2.75) is 18.9 Å². The fraction of sp³-hybridized carbons (Fsp3) is 0.300. The van der Waals surface area contributed by atoms with Crippen molar-refractivity contribution in [1.82, 2.24) is 5.32 Å². The molecule has 1 aliphatic rings. The zero-order valence-electron chi connectivity index (χ0n) is 15.1. The second-order valence-electron chi connectivity index (χ2n) is 6.36. The molecular formula is C20H21ClN2O4. The highest BCUT2D eigenvalue weighted by molar-refractivity contribution is 6.39. The summed E-state index contributed by atoms with van der Waals surface area (Å²) in [5.41, 5.74) is 1.39. The molecule has 3 rings (SSSR count). The van der Waals surface area contributed by atoms with Crippen LogP contribution in [0.5, 0.6) is 11.5 Å². The number of halogens is 1. The quantitative estimate of drug-likeness (QED) is 0.742. The second-order valence-corrected chi connectivity index (χ2v) is 6.80. The highest BCUT2D eigenvalue weighted by atomic mass is 35.5. The lowest BCUT2D eigenvalue weighted by Crippen LogP contribution is -2.38. The van der Waals surface area contributed by atoms with Gasteiger partial charge in [-0.2, -0.15) is 0 Å². The predicted molar refractivity (Wildman–Crippen MR) is 103 cm³/mol. The minimum absolute atomic E-state index is 0.203. The first-order chi connectivity index (χ1) is 13.0. The molecule has 0 aliphatic heterocycles. The van der Waals surface area contributed by atoms with Crippen LogP contribution in [0.1, 0.15) is 24.4 Å². The molecule has 1 unspecified atom stereocenters. The average Bonchev–Trinajstić information content (AvgIpc) is 3.51. The van der Waals surface area contributed by atoms with Gasteiger partial charge in [-0.05, 0) is 48.6 Å². The maximum Gasteiger partial charge on any atom is 0.313 e. The number of nitrogens with one attached hydrogen (secondary N) is 2. The van der Waals surface area contributed by atoms with Gasteiger partial charge in [0.05, 0.1) is 20.3 Å².